The van der Waals surface area contributed by atoms with E-state index in [0.717, 1.165) is 6.07 Å². The van der Waals surface area contributed by atoms with Crippen LogP contribution in [0.1, 0.15) is 34.0 Å². The third-order valence-electron chi connectivity index (χ3n) is 3.51. The topological polar surface area (TPSA) is 64.1 Å². The van der Waals surface area contributed by atoms with Crippen molar-refractivity contribution in [1.82, 2.24) is 9.97 Å². The number of ether oxygens (including phenoxy) is 1. The van der Waals surface area contributed by atoms with E-state index in [1.807, 2.05) is 0 Å². The molecule has 0 radical (unpaired) electrons. The van der Waals surface area contributed by atoms with Crippen LogP contribution in [-0.4, -0.2) is 28.8 Å². The van der Waals surface area contributed by atoms with Gasteiger partial charge in [0.1, 0.15) is 11.4 Å². The van der Waals surface area contributed by atoms with Gasteiger partial charge in [-0.1, -0.05) is 23.9 Å². The predicted molar refractivity (Wildman–Crippen MR) is 93.3 cm³/mol. The SMILES string of the molecule is CCOC(=O)c1cnc(SC)nc1NCc1ccc(C)c(C(F)(F)F)c1. The summed E-state index contributed by atoms with van der Waals surface area (Å²) in [5.41, 5.74) is 0.0185. The second kappa shape index (κ2) is 8.39. The number of alkyl halides is 3. The van der Waals surface area contributed by atoms with Crippen molar-refractivity contribution in [2.45, 2.75) is 31.7 Å². The Morgan fingerprint density at radius 3 is 2.69 bits per heavy atom. The first kappa shape index (κ1) is 20.0. The number of aryl methyl sites for hydroxylation is 1. The third-order valence-corrected chi connectivity index (χ3v) is 4.07. The molecule has 0 aliphatic heterocycles. The molecule has 0 spiro atoms. The molecule has 0 amide bonds. The molecule has 1 aromatic carbocycles. The van der Waals surface area contributed by atoms with E-state index in [4.69, 9.17) is 4.74 Å². The quantitative estimate of drug-likeness (QED) is 0.454. The van der Waals surface area contributed by atoms with Crippen LogP contribution in [0.5, 0.6) is 0 Å². The summed E-state index contributed by atoms with van der Waals surface area (Å²) < 4.78 is 44.1. The van der Waals surface area contributed by atoms with E-state index >= 15 is 0 Å². The molecule has 0 atom stereocenters. The zero-order valence-electron chi connectivity index (χ0n) is 14.5. The summed E-state index contributed by atoms with van der Waals surface area (Å²) in [7, 11) is 0. The van der Waals surface area contributed by atoms with Crippen molar-refractivity contribution >= 4 is 23.5 Å². The molecular formula is C17H18F3N3O2S. The van der Waals surface area contributed by atoms with Crippen molar-refractivity contribution in [2.75, 3.05) is 18.2 Å². The minimum absolute atomic E-state index is 0.0700. The van der Waals surface area contributed by atoms with E-state index < -0.39 is 17.7 Å². The summed E-state index contributed by atoms with van der Waals surface area (Å²) in [5, 5.41) is 3.34. The highest BCUT2D eigenvalue weighted by Gasteiger charge is 2.32. The molecule has 2 rings (SSSR count). The minimum Gasteiger partial charge on any atom is -0.462 e. The summed E-state index contributed by atoms with van der Waals surface area (Å²) in [6.45, 7) is 3.34. The van der Waals surface area contributed by atoms with Crippen LogP contribution in [0.25, 0.3) is 0 Å². The molecule has 0 bridgehead atoms. The molecular weight excluding hydrogens is 367 g/mol. The Morgan fingerprint density at radius 2 is 2.08 bits per heavy atom. The van der Waals surface area contributed by atoms with Crippen LogP contribution in [0, 0.1) is 6.92 Å². The molecule has 1 heterocycles. The van der Waals surface area contributed by atoms with Gasteiger partial charge in [0.25, 0.3) is 0 Å². The second-order valence-corrected chi connectivity index (χ2v) is 6.11. The van der Waals surface area contributed by atoms with Gasteiger partial charge in [0.05, 0.1) is 12.2 Å². The zero-order chi connectivity index (χ0) is 19.3. The van der Waals surface area contributed by atoms with Crippen LogP contribution in [0.15, 0.2) is 29.6 Å². The Bertz CT molecular complexity index is 797. The molecule has 140 valence electrons. The molecule has 0 saturated carbocycles. The average molecular weight is 385 g/mol. The molecule has 0 aliphatic rings. The molecule has 5 nitrogen and oxygen atoms in total. The van der Waals surface area contributed by atoms with Crippen LogP contribution >= 0.6 is 11.8 Å². The number of aromatic nitrogens is 2. The minimum atomic E-state index is -4.42. The molecule has 0 aliphatic carbocycles. The van der Waals surface area contributed by atoms with Crippen LogP contribution in [0.2, 0.25) is 0 Å². The monoisotopic (exact) mass is 385 g/mol. The fourth-order valence-electron chi connectivity index (χ4n) is 2.23. The summed E-state index contributed by atoms with van der Waals surface area (Å²) in [6, 6.07) is 4.10. The number of nitrogens with zero attached hydrogens (tertiary/aromatic N) is 2. The lowest BCUT2D eigenvalue weighted by Crippen LogP contribution is -2.13. The summed E-state index contributed by atoms with van der Waals surface area (Å²) in [6.07, 6.45) is -1.30. The van der Waals surface area contributed by atoms with Crippen LogP contribution in [0.4, 0.5) is 19.0 Å². The molecule has 1 aromatic heterocycles. The summed E-state index contributed by atoms with van der Waals surface area (Å²) in [5.74, 6) is -0.375. The van der Waals surface area contributed by atoms with E-state index in [0.29, 0.717) is 10.7 Å². The van der Waals surface area contributed by atoms with Crippen molar-refractivity contribution < 1.29 is 22.7 Å². The van der Waals surface area contributed by atoms with Gasteiger partial charge < -0.3 is 10.1 Å². The number of nitrogens with one attached hydrogen (secondary N) is 1. The number of hydrogen-bond donors (Lipinski definition) is 1. The molecule has 2 aromatic rings. The van der Waals surface area contributed by atoms with Crippen molar-refractivity contribution in [2.24, 2.45) is 0 Å². The standard InChI is InChI=1S/C17H18F3N3O2S/c1-4-25-15(24)12-9-22-16(26-3)23-14(12)21-8-11-6-5-10(2)13(7-11)17(18,19)20/h5-7,9H,4,8H2,1-3H3,(H,21,22,23). The van der Waals surface area contributed by atoms with Crippen LogP contribution in [0.3, 0.4) is 0 Å². The van der Waals surface area contributed by atoms with Gasteiger partial charge in [-0.15, -0.1) is 0 Å². The largest absolute Gasteiger partial charge is 0.462 e. The van der Waals surface area contributed by atoms with Crippen molar-refractivity contribution in [3.8, 4) is 0 Å². The maximum atomic E-state index is 13.0. The van der Waals surface area contributed by atoms with Crippen molar-refractivity contribution in [3.05, 3.63) is 46.6 Å². The van der Waals surface area contributed by atoms with E-state index in [-0.39, 0.29) is 30.1 Å². The Morgan fingerprint density at radius 1 is 1.35 bits per heavy atom. The van der Waals surface area contributed by atoms with E-state index in [1.54, 1.807) is 19.2 Å². The van der Waals surface area contributed by atoms with Gasteiger partial charge in [-0.25, -0.2) is 14.8 Å². The first-order valence-corrected chi connectivity index (χ1v) is 8.97. The van der Waals surface area contributed by atoms with E-state index in [9.17, 15) is 18.0 Å². The Kier molecular flexibility index (Phi) is 6.47. The number of anilines is 1. The predicted octanol–water partition coefficient (Wildman–Crippen LogP) is 4.31. The highest BCUT2D eigenvalue weighted by molar-refractivity contribution is 7.98. The summed E-state index contributed by atoms with van der Waals surface area (Å²) >= 11 is 1.28. The lowest BCUT2D eigenvalue weighted by molar-refractivity contribution is -0.138. The van der Waals surface area contributed by atoms with Gasteiger partial charge in [0.15, 0.2) is 5.16 Å². The normalized spacial score (nSPS) is 11.3. The average Bonchev–Trinajstić information content (AvgIpc) is 2.60. The number of rotatable bonds is 6. The smallest absolute Gasteiger partial charge is 0.416 e. The number of halogens is 3. The maximum Gasteiger partial charge on any atom is 0.416 e. The second-order valence-electron chi connectivity index (χ2n) is 5.34. The number of benzene rings is 1. The Balaban J connectivity index is 2.27. The van der Waals surface area contributed by atoms with Crippen LogP contribution in [-0.2, 0) is 17.5 Å². The van der Waals surface area contributed by atoms with Gasteiger partial charge in [0, 0.05) is 12.7 Å². The molecule has 9 heteroatoms. The highest BCUT2D eigenvalue weighted by atomic mass is 32.2. The first-order valence-electron chi connectivity index (χ1n) is 7.75. The lowest BCUT2D eigenvalue weighted by Gasteiger charge is -2.14. The van der Waals surface area contributed by atoms with Gasteiger partial charge >= 0.3 is 12.1 Å². The lowest BCUT2D eigenvalue weighted by atomic mass is 10.0. The van der Waals surface area contributed by atoms with Gasteiger partial charge in [-0.2, -0.15) is 13.2 Å². The maximum absolute atomic E-state index is 13.0. The number of carbonyl (C=O) groups excluding carboxylic acids is 1. The molecule has 0 fully saturated rings. The van der Waals surface area contributed by atoms with Crippen molar-refractivity contribution in [1.29, 1.82) is 0 Å². The van der Waals surface area contributed by atoms with Gasteiger partial charge in [-0.05, 0) is 37.3 Å². The Hall–Kier alpha value is -2.29. The number of hydrogen-bond acceptors (Lipinski definition) is 6. The zero-order valence-corrected chi connectivity index (χ0v) is 15.3. The molecule has 0 saturated heterocycles. The van der Waals surface area contributed by atoms with Gasteiger partial charge in [-0.3, -0.25) is 0 Å². The highest BCUT2D eigenvalue weighted by Crippen LogP contribution is 2.32. The third kappa shape index (κ3) is 4.87. The molecule has 26 heavy (non-hydrogen) atoms. The Labute approximate surface area is 153 Å². The fraction of sp³-hybridized carbons (Fsp3) is 0.353. The van der Waals surface area contributed by atoms with E-state index in [2.05, 4.69) is 15.3 Å². The van der Waals surface area contributed by atoms with Crippen molar-refractivity contribution in [3.63, 3.8) is 0 Å². The van der Waals surface area contributed by atoms with E-state index in [1.165, 1.54) is 30.9 Å². The molecule has 1 N–H and O–H groups in total. The summed E-state index contributed by atoms with van der Waals surface area (Å²) in [4.78, 5) is 20.3. The van der Waals surface area contributed by atoms with Crippen LogP contribution < -0.4 is 5.32 Å². The number of esters is 1. The number of thioether (sulfide) groups is 1. The number of carbonyl (C=O) groups is 1. The fourth-order valence-corrected chi connectivity index (χ4v) is 2.57. The molecule has 0 unspecified atom stereocenters. The first-order chi connectivity index (χ1) is 12.3. The van der Waals surface area contributed by atoms with Gasteiger partial charge in [0.2, 0.25) is 0 Å².